The lowest BCUT2D eigenvalue weighted by Gasteiger charge is -2.23. The summed E-state index contributed by atoms with van der Waals surface area (Å²) in [7, 11) is -3.25. The maximum atomic E-state index is 13.2. The minimum atomic E-state index is -3.25. The second-order valence-corrected chi connectivity index (χ2v) is 9.38. The van der Waals surface area contributed by atoms with E-state index < -0.39 is 9.84 Å². The van der Waals surface area contributed by atoms with Crippen LogP contribution < -0.4 is 4.90 Å². The predicted molar refractivity (Wildman–Crippen MR) is 111 cm³/mol. The Morgan fingerprint density at radius 2 is 1.63 bits per heavy atom. The van der Waals surface area contributed by atoms with Crippen molar-refractivity contribution in [1.29, 1.82) is 0 Å². The maximum absolute atomic E-state index is 13.2. The average Bonchev–Trinajstić information content (AvgIpc) is 3.05. The molecule has 1 aliphatic heterocycles. The third-order valence-corrected chi connectivity index (χ3v) is 6.32. The molecule has 0 spiro atoms. The van der Waals surface area contributed by atoms with Crippen molar-refractivity contribution in [2.45, 2.75) is 17.9 Å². The predicted octanol–water partition coefficient (Wildman–Crippen LogP) is 1.92. The van der Waals surface area contributed by atoms with Crippen LogP contribution in [0.25, 0.3) is 5.69 Å². The third kappa shape index (κ3) is 4.65. The van der Waals surface area contributed by atoms with Gasteiger partial charge in [-0.05, 0) is 65.4 Å². The van der Waals surface area contributed by atoms with Crippen LogP contribution in [0, 0.1) is 5.82 Å². The Morgan fingerprint density at radius 1 is 0.933 bits per heavy atom. The number of aromatic nitrogens is 4. The van der Waals surface area contributed by atoms with Crippen LogP contribution in [0.1, 0.15) is 12.2 Å². The summed E-state index contributed by atoms with van der Waals surface area (Å²) in [5, 5.41) is 12.0. The largest absolute Gasteiger partial charge is 0.370 e. The van der Waals surface area contributed by atoms with E-state index in [1.54, 1.807) is 28.9 Å². The van der Waals surface area contributed by atoms with Crippen LogP contribution in [0.15, 0.2) is 53.4 Å². The molecule has 1 aliphatic rings. The van der Waals surface area contributed by atoms with Gasteiger partial charge in [-0.2, -0.15) is 4.68 Å². The molecule has 1 saturated heterocycles. The van der Waals surface area contributed by atoms with Crippen LogP contribution in [0.2, 0.25) is 0 Å². The molecule has 1 aromatic heterocycles. The summed E-state index contributed by atoms with van der Waals surface area (Å²) in [5.74, 6) is 0.462. The number of rotatable bonds is 5. The van der Waals surface area contributed by atoms with Crippen molar-refractivity contribution in [1.82, 2.24) is 25.1 Å². The molecular formula is C20H23FN6O2S. The summed E-state index contributed by atoms with van der Waals surface area (Å²) in [5.41, 5.74) is 1.74. The summed E-state index contributed by atoms with van der Waals surface area (Å²) in [4.78, 5) is 4.80. The van der Waals surface area contributed by atoms with Gasteiger partial charge in [-0.3, -0.25) is 4.90 Å². The molecule has 0 atom stereocenters. The molecule has 3 aromatic rings. The van der Waals surface area contributed by atoms with Gasteiger partial charge in [0.05, 0.1) is 17.1 Å². The second kappa shape index (κ2) is 8.49. The first-order chi connectivity index (χ1) is 14.4. The minimum Gasteiger partial charge on any atom is -0.370 e. The average molecular weight is 431 g/mol. The van der Waals surface area contributed by atoms with E-state index in [0.29, 0.717) is 18.1 Å². The van der Waals surface area contributed by atoms with Gasteiger partial charge in [0.1, 0.15) is 5.82 Å². The summed E-state index contributed by atoms with van der Waals surface area (Å²) in [6.07, 6.45) is 2.15. The fourth-order valence-corrected chi connectivity index (χ4v) is 4.21. The zero-order valence-corrected chi connectivity index (χ0v) is 17.5. The van der Waals surface area contributed by atoms with Gasteiger partial charge in [-0.15, -0.1) is 5.10 Å². The number of halogens is 1. The van der Waals surface area contributed by atoms with Crippen LogP contribution >= 0.6 is 0 Å². The first-order valence-electron chi connectivity index (χ1n) is 9.71. The Kier molecular flexibility index (Phi) is 5.78. The van der Waals surface area contributed by atoms with E-state index in [1.807, 2.05) is 12.1 Å². The first kappa shape index (κ1) is 20.4. The number of benzene rings is 2. The molecular weight excluding hydrogens is 407 g/mol. The third-order valence-electron chi connectivity index (χ3n) is 5.19. The maximum Gasteiger partial charge on any atom is 0.175 e. The van der Waals surface area contributed by atoms with E-state index in [-0.39, 0.29) is 10.7 Å². The van der Waals surface area contributed by atoms with E-state index in [9.17, 15) is 12.8 Å². The summed E-state index contributed by atoms with van der Waals surface area (Å²) >= 11 is 0. The quantitative estimate of drug-likeness (QED) is 0.611. The van der Waals surface area contributed by atoms with Gasteiger partial charge in [-0.1, -0.05) is 0 Å². The highest BCUT2D eigenvalue weighted by atomic mass is 32.2. The molecule has 0 saturated carbocycles. The van der Waals surface area contributed by atoms with Gasteiger partial charge in [0.25, 0.3) is 0 Å². The molecule has 0 unspecified atom stereocenters. The molecule has 30 heavy (non-hydrogen) atoms. The molecule has 2 aromatic carbocycles. The molecule has 8 nitrogen and oxygen atoms in total. The monoisotopic (exact) mass is 430 g/mol. The smallest absolute Gasteiger partial charge is 0.175 e. The van der Waals surface area contributed by atoms with Gasteiger partial charge in [0.2, 0.25) is 0 Å². The topological polar surface area (TPSA) is 84.2 Å². The van der Waals surface area contributed by atoms with E-state index in [1.165, 1.54) is 18.4 Å². The number of anilines is 1. The molecule has 1 fully saturated rings. The molecule has 0 N–H and O–H groups in total. The Balaban J connectivity index is 1.44. The molecule has 0 amide bonds. The molecule has 0 aliphatic carbocycles. The lowest BCUT2D eigenvalue weighted by Crippen LogP contribution is -2.31. The van der Waals surface area contributed by atoms with Crippen LogP contribution in [-0.4, -0.2) is 66.0 Å². The highest BCUT2D eigenvalue weighted by Gasteiger charge is 2.19. The summed E-state index contributed by atoms with van der Waals surface area (Å²) in [6.45, 7) is 4.04. The van der Waals surface area contributed by atoms with Crippen molar-refractivity contribution in [2.24, 2.45) is 0 Å². The van der Waals surface area contributed by atoms with Gasteiger partial charge < -0.3 is 4.90 Å². The first-order valence-corrected chi connectivity index (χ1v) is 11.6. The van der Waals surface area contributed by atoms with Crippen molar-refractivity contribution in [3.63, 3.8) is 0 Å². The van der Waals surface area contributed by atoms with Crippen molar-refractivity contribution in [3.05, 3.63) is 60.2 Å². The van der Waals surface area contributed by atoms with E-state index in [4.69, 9.17) is 0 Å². The number of hydrogen-bond acceptors (Lipinski definition) is 7. The van der Waals surface area contributed by atoms with Crippen LogP contribution in [0.5, 0.6) is 0 Å². The number of tetrazole rings is 1. The molecule has 4 rings (SSSR count). The lowest BCUT2D eigenvalue weighted by atomic mass is 10.2. The summed E-state index contributed by atoms with van der Waals surface area (Å²) in [6, 6.07) is 13.1. The molecule has 2 heterocycles. The van der Waals surface area contributed by atoms with Gasteiger partial charge in [0, 0.05) is 38.1 Å². The SMILES string of the molecule is CS(=O)(=O)c1ccc(-n2nnnc2CN2CCCN(c3ccc(F)cc3)CC2)cc1. The van der Waals surface area contributed by atoms with Crippen molar-refractivity contribution >= 4 is 15.5 Å². The van der Waals surface area contributed by atoms with E-state index in [2.05, 4.69) is 25.3 Å². The Morgan fingerprint density at radius 3 is 2.33 bits per heavy atom. The lowest BCUT2D eigenvalue weighted by molar-refractivity contribution is 0.276. The number of sulfone groups is 1. The van der Waals surface area contributed by atoms with Crippen molar-refractivity contribution in [2.75, 3.05) is 37.3 Å². The fourth-order valence-electron chi connectivity index (χ4n) is 3.58. The normalized spacial score (nSPS) is 15.9. The Bertz CT molecular complexity index is 1100. The van der Waals surface area contributed by atoms with Crippen LogP contribution in [0.4, 0.5) is 10.1 Å². The second-order valence-electron chi connectivity index (χ2n) is 7.37. The van der Waals surface area contributed by atoms with Gasteiger partial charge in [0.15, 0.2) is 15.7 Å². The fraction of sp³-hybridized carbons (Fsp3) is 0.350. The van der Waals surface area contributed by atoms with E-state index >= 15 is 0 Å². The number of hydrogen-bond donors (Lipinski definition) is 0. The van der Waals surface area contributed by atoms with Gasteiger partial charge in [-0.25, -0.2) is 12.8 Å². The Hall–Kier alpha value is -2.85. The van der Waals surface area contributed by atoms with Gasteiger partial charge >= 0.3 is 0 Å². The molecule has 158 valence electrons. The molecule has 10 heteroatoms. The van der Waals surface area contributed by atoms with Crippen LogP contribution in [0.3, 0.4) is 0 Å². The van der Waals surface area contributed by atoms with Crippen LogP contribution in [-0.2, 0) is 16.4 Å². The van der Waals surface area contributed by atoms with Crippen molar-refractivity contribution in [3.8, 4) is 5.69 Å². The molecule has 0 bridgehead atoms. The highest BCUT2D eigenvalue weighted by molar-refractivity contribution is 7.90. The highest BCUT2D eigenvalue weighted by Crippen LogP contribution is 2.19. The van der Waals surface area contributed by atoms with Crippen molar-refractivity contribution < 1.29 is 12.8 Å². The zero-order chi connectivity index (χ0) is 21.1. The Labute approximate surface area is 174 Å². The van der Waals surface area contributed by atoms with E-state index in [0.717, 1.165) is 38.3 Å². The summed E-state index contributed by atoms with van der Waals surface area (Å²) < 4.78 is 38.1. The minimum absolute atomic E-state index is 0.230. The molecule has 0 radical (unpaired) electrons. The zero-order valence-electron chi connectivity index (χ0n) is 16.6. The standard InChI is InChI=1S/C20H23FN6O2S/c1-30(28,29)19-9-7-18(8-10-19)27-20(22-23-24-27)15-25-11-2-12-26(14-13-25)17-5-3-16(21)4-6-17/h3-10H,2,11-15H2,1H3. The number of nitrogens with zero attached hydrogens (tertiary/aromatic N) is 6.